The first-order chi connectivity index (χ1) is 11.4. The van der Waals surface area contributed by atoms with Gasteiger partial charge in [0.25, 0.3) is 0 Å². The summed E-state index contributed by atoms with van der Waals surface area (Å²) >= 11 is 0. The Kier molecular flexibility index (Phi) is 29.0. The monoisotopic (exact) mass is 346 g/mol. The van der Waals surface area contributed by atoms with Crippen molar-refractivity contribution in [1.82, 2.24) is 10.2 Å². The van der Waals surface area contributed by atoms with E-state index in [1.54, 1.807) is 12.0 Å². The Balaban J connectivity index is -0.000000282. The molecule has 0 aliphatic heterocycles. The zero-order valence-electron chi connectivity index (χ0n) is 17.9. The highest BCUT2D eigenvalue weighted by molar-refractivity contribution is 5.46. The average molecular weight is 347 g/mol. The summed E-state index contributed by atoms with van der Waals surface area (Å²) in [6.45, 7) is 18.9. The first kappa shape index (κ1) is 28.2. The van der Waals surface area contributed by atoms with Gasteiger partial charge in [0.05, 0.1) is 0 Å². The van der Waals surface area contributed by atoms with Crippen LogP contribution in [0.2, 0.25) is 0 Å². The lowest BCUT2D eigenvalue weighted by molar-refractivity contribution is -0.118. The third kappa shape index (κ3) is 33.1. The van der Waals surface area contributed by atoms with Gasteiger partial charge in [0.1, 0.15) is 0 Å². The normalized spacial score (nSPS) is 9.92. The molecule has 0 heterocycles. The van der Waals surface area contributed by atoms with Crippen molar-refractivity contribution in [2.75, 3.05) is 33.4 Å². The Morgan fingerprint density at radius 2 is 1.50 bits per heavy atom. The summed E-state index contributed by atoms with van der Waals surface area (Å²) in [5.41, 5.74) is 0. The van der Waals surface area contributed by atoms with Gasteiger partial charge in [0.2, 0.25) is 6.41 Å². The summed E-state index contributed by atoms with van der Waals surface area (Å²) in [5, 5.41) is 3.38. The van der Waals surface area contributed by atoms with E-state index in [4.69, 9.17) is 4.74 Å². The summed E-state index contributed by atoms with van der Waals surface area (Å²) in [5.74, 6) is 0.676. The molecule has 0 aromatic rings. The van der Waals surface area contributed by atoms with Crippen LogP contribution in [0.4, 0.5) is 0 Å². The molecule has 0 aliphatic carbocycles. The van der Waals surface area contributed by atoms with Crippen molar-refractivity contribution in [3.8, 4) is 0 Å². The van der Waals surface area contributed by atoms with Crippen LogP contribution >= 0.6 is 0 Å². The van der Waals surface area contributed by atoms with E-state index in [9.17, 15) is 4.79 Å². The van der Waals surface area contributed by atoms with Gasteiger partial charge >= 0.3 is 0 Å². The quantitative estimate of drug-likeness (QED) is 0.410. The van der Waals surface area contributed by atoms with Gasteiger partial charge in [-0.2, -0.15) is 0 Å². The molecule has 0 fully saturated rings. The number of amides is 1. The molecular formula is C20H46N2O2. The van der Waals surface area contributed by atoms with Gasteiger partial charge in [-0.15, -0.1) is 0 Å². The van der Waals surface area contributed by atoms with E-state index < -0.39 is 0 Å². The fraction of sp³-hybridized carbons (Fsp3) is 0.950. The topological polar surface area (TPSA) is 41.6 Å². The second-order valence-electron chi connectivity index (χ2n) is 6.81. The molecule has 0 aromatic carbocycles. The summed E-state index contributed by atoms with van der Waals surface area (Å²) in [6, 6.07) is 0.654. The third-order valence-corrected chi connectivity index (χ3v) is 3.00. The van der Waals surface area contributed by atoms with Crippen LogP contribution in [0.5, 0.6) is 0 Å². The Bertz CT molecular complexity index is 216. The number of hydrogen-bond donors (Lipinski definition) is 1. The molecule has 0 spiro atoms. The van der Waals surface area contributed by atoms with Gasteiger partial charge in [-0.25, -0.2) is 0 Å². The van der Waals surface area contributed by atoms with Crippen molar-refractivity contribution in [3.05, 3.63) is 0 Å². The second kappa shape index (κ2) is 24.6. The molecule has 0 rings (SSSR count). The van der Waals surface area contributed by atoms with Crippen LogP contribution in [0, 0.1) is 5.92 Å². The van der Waals surface area contributed by atoms with E-state index >= 15 is 0 Å². The smallest absolute Gasteiger partial charge is 0.209 e. The number of carbonyl (C=O) groups excluding carboxylic acids is 1. The van der Waals surface area contributed by atoms with E-state index in [1.807, 2.05) is 0 Å². The number of nitrogens with zero attached hydrogens (tertiary/aromatic N) is 1. The molecule has 0 radical (unpaired) electrons. The van der Waals surface area contributed by atoms with Gasteiger partial charge in [-0.1, -0.05) is 61.3 Å². The minimum absolute atomic E-state index is 0.654. The molecule has 4 nitrogen and oxygen atoms in total. The molecule has 0 saturated heterocycles. The maximum atomic E-state index is 10.2. The van der Waals surface area contributed by atoms with Crippen molar-refractivity contribution in [3.63, 3.8) is 0 Å². The lowest BCUT2D eigenvalue weighted by Gasteiger charge is -2.13. The highest BCUT2D eigenvalue weighted by Gasteiger charge is 1.94. The van der Waals surface area contributed by atoms with E-state index in [2.05, 4.69) is 53.8 Å². The summed E-state index contributed by atoms with van der Waals surface area (Å²) < 4.78 is 4.80. The Hall–Kier alpha value is -0.610. The SMILES string of the molecule is CCCCCNC(C)C.CCCN(C=O)CCC.COCC(C)C. The number of ether oxygens (including phenoxy) is 1. The predicted molar refractivity (Wildman–Crippen MR) is 108 cm³/mol. The standard InChI is InChI=1S/C8H19N.C7H15NO.C5H12O/c1-4-5-6-7-9-8(2)3;1-3-5-8(7-9)6-4-2;1-5(2)4-6-3/h8-9H,4-7H2,1-3H3;7H,3-6H2,1-2H3;5H,4H2,1-3H3. The van der Waals surface area contributed by atoms with Gasteiger partial charge in [-0.3, -0.25) is 4.79 Å². The first-order valence-electron chi connectivity index (χ1n) is 9.80. The maximum absolute atomic E-state index is 10.2. The Morgan fingerprint density at radius 1 is 0.958 bits per heavy atom. The largest absolute Gasteiger partial charge is 0.384 e. The third-order valence-electron chi connectivity index (χ3n) is 3.00. The van der Waals surface area contributed by atoms with E-state index in [0.29, 0.717) is 12.0 Å². The molecular weight excluding hydrogens is 300 g/mol. The van der Waals surface area contributed by atoms with E-state index in [-0.39, 0.29) is 0 Å². The average Bonchev–Trinajstić information content (AvgIpc) is 2.52. The van der Waals surface area contributed by atoms with E-state index in [1.165, 1.54) is 25.8 Å². The van der Waals surface area contributed by atoms with Crippen molar-refractivity contribution >= 4 is 6.41 Å². The van der Waals surface area contributed by atoms with Crippen LogP contribution in [-0.2, 0) is 9.53 Å². The van der Waals surface area contributed by atoms with Crippen LogP contribution in [0.3, 0.4) is 0 Å². The molecule has 0 saturated carbocycles. The minimum atomic E-state index is 0.654. The minimum Gasteiger partial charge on any atom is -0.384 e. The van der Waals surface area contributed by atoms with Crippen LogP contribution in [0.1, 0.15) is 80.6 Å². The predicted octanol–water partition coefficient (Wildman–Crippen LogP) is 4.73. The maximum Gasteiger partial charge on any atom is 0.209 e. The molecule has 0 aromatic heterocycles. The van der Waals surface area contributed by atoms with Crippen molar-refractivity contribution < 1.29 is 9.53 Å². The van der Waals surface area contributed by atoms with Gasteiger partial charge < -0.3 is 15.0 Å². The van der Waals surface area contributed by atoms with Gasteiger partial charge in [0, 0.05) is 32.8 Å². The summed E-state index contributed by atoms with van der Waals surface area (Å²) in [4.78, 5) is 12.0. The van der Waals surface area contributed by atoms with Crippen LogP contribution in [-0.4, -0.2) is 50.7 Å². The number of methoxy groups -OCH3 is 1. The van der Waals surface area contributed by atoms with E-state index in [0.717, 1.165) is 38.9 Å². The Morgan fingerprint density at radius 3 is 1.75 bits per heavy atom. The fourth-order valence-corrected chi connectivity index (χ4v) is 1.89. The lowest BCUT2D eigenvalue weighted by atomic mass is 10.2. The lowest BCUT2D eigenvalue weighted by Crippen LogP contribution is -2.23. The first-order valence-corrected chi connectivity index (χ1v) is 9.80. The number of carbonyl (C=O) groups is 1. The molecule has 1 N–H and O–H groups in total. The van der Waals surface area contributed by atoms with Crippen LogP contribution in [0.15, 0.2) is 0 Å². The summed E-state index contributed by atoms with van der Waals surface area (Å²) in [7, 11) is 1.72. The number of rotatable bonds is 12. The number of nitrogens with one attached hydrogen (secondary N) is 1. The highest BCUT2D eigenvalue weighted by Crippen LogP contribution is 1.91. The number of unbranched alkanes of at least 4 members (excludes halogenated alkanes) is 2. The molecule has 1 amide bonds. The molecule has 24 heavy (non-hydrogen) atoms. The van der Waals surface area contributed by atoms with Crippen molar-refractivity contribution in [2.24, 2.45) is 5.92 Å². The molecule has 148 valence electrons. The van der Waals surface area contributed by atoms with Crippen molar-refractivity contribution in [1.29, 1.82) is 0 Å². The highest BCUT2D eigenvalue weighted by atomic mass is 16.5. The second-order valence-corrected chi connectivity index (χ2v) is 6.81. The van der Waals surface area contributed by atoms with Crippen LogP contribution in [0.25, 0.3) is 0 Å². The molecule has 0 unspecified atom stereocenters. The van der Waals surface area contributed by atoms with Crippen molar-refractivity contribution in [2.45, 2.75) is 86.6 Å². The Labute approximate surface area is 152 Å². The molecule has 4 heteroatoms. The van der Waals surface area contributed by atoms with Gasteiger partial charge in [-0.05, 0) is 31.7 Å². The fourth-order valence-electron chi connectivity index (χ4n) is 1.89. The number of hydrogen-bond acceptors (Lipinski definition) is 3. The zero-order valence-corrected chi connectivity index (χ0v) is 17.9. The zero-order chi connectivity index (χ0) is 19.2. The molecule has 0 atom stereocenters. The molecule has 0 aliphatic rings. The summed E-state index contributed by atoms with van der Waals surface area (Å²) in [6.07, 6.45) is 7.04. The van der Waals surface area contributed by atoms with Gasteiger partial charge in [0.15, 0.2) is 0 Å². The molecule has 0 bridgehead atoms. The van der Waals surface area contributed by atoms with Crippen LogP contribution < -0.4 is 5.32 Å².